The van der Waals surface area contributed by atoms with Crippen LogP contribution in [0.2, 0.25) is 0 Å². The summed E-state index contributed by atoms with van der Waals surface area (Å²) in [5.74, 6) is 0.835. The van der Waals surface area contributed by atoms with Crippen LogP contribution in [-0.2, 0) is 6.54 Å². The predicted molar refractivity (Wildman–Crippen MR) is 64.4 cm³/mol. The van der Waals surface area contributed by atoms with E-state index in [0.717, 1.165) is 31.9 Å². The summed E-state index contributed by atoms with van der Waals surface area (Å²) in [6.07, 6.45) is 4.25. The molecular weight excluding hydrogens is 208 g/mol. The Labute approximate surface area is 95.5 Å². The molecule has 15 heavy (non-hydrogen) atoms. The fraction of sp³-hybridized carbons (Fsp3) is 0.500. The van der Waals surface area contributed by atoms with Crippen LogP contribution in [0.15, 0.2) is 18.5 Å². The van der Waals surface area contributed by atoms with Gasteiger partial charge < -0.3 is 5.73 Å². The van der Waals surface area contributed by atoms with Crippen LogP contribution in [0.4, 0.5) is 0 Å². The zero-order chi connectivity index (χ0) is 11.1. The van der Waals surface area contributed by atoms with Gasteiger partial charge in [0.2, 0.25) is 0 Å². The highest BCUT2D eigenvalue weighted by Gasteiger charge is 2.05. The van der Waals surface area contributed by atoms with Gasteiger partial charge in [0.05, 0.1) is 11.5 Å². The van der Waals surface area contributed by atoms with E-state index in [0.29, 0.717) is 4.99 Å². The van der Waals surface area contributed by atoms with Crippen LogP contribution < -0.4 is 5.73 Å². The largest absolute Gasteiger partial charge is 0.393 e. The quantitative estimate of drug-likeness (QED) is 0.730. The van der Waals surface area contributed by atoms with Crippen LogP contribution >= 0.6 is 12.2 Å². The van der Waals surface area contributed by atoms with Gasteiger partial charge in [-0.15, -0.1) is 0 Å². The molecule has 0 aliphatic heterocycles. The molecule has 1 heterocycles. The SMILES string of the molecule is CCN(CCC(N)=S)Cc1ncccn1. The van der Waals surface area contributed by atoms with Gasteiger partial charge >= 0.3 is 0 Å². The molecule has 82 valence electrons. The first-order valence-corrected chi connectivity index (χ1v) is 5.39. The Morgan fingerprint density at radius 1 is 1.47 bits per heavy atom. The Morgan fingerprint density at radius 2 is 2.13 bits per heavy atom. The lowest BCUT2D eigenvalue weighted by atomic mass is 10.3. The van der Waals surface area contributed by atoms with E-state index in [1.807, 2.05) is 6.07 Å². The molecule has 0 aliphatic rings. The number of nitrogens with zero attached hydrogens (tertiary/aromatic N) is 3. The van der Waals surface area contributed by atoms with Crippen molar-refractivity contribution >= 4 is 17.2 Å². The second kappa shape index (κ2) is 6.42. The minimum atomic E-state index is 0.558. The van der Waals surface area contributed by atoms with Crippen LogP contribution in [0.25, 0.3) is 0 Å². The van der Waals surface area contributed by atoms with Gasteiger partial charge in [-0.1, -0.05) is 19.1 Å². The molecule has 0 bridgehead atoms. The number of aromatic nitrogens is 2. The Kier molecular flexibility index (Phi) is 5.14. The maximum Gasteiger partial charge on any atom is 0.142 e. The highest BCUT2D eigenvalue weighted by Crippen LogP contribution is 1.98. The standard InChI is InChI=1S/C10H16N4S/c1-2-14(7-4-9(11)15)8-10-12-5-3-6-13-10/h3,5-6H,2,4,7-8H2,1H3,(H2,11,15). The van der Waals surface area contributed by atoms with Gasteiger partial charge in [0.1, 0.15) is 5.82 Å². The Morgan fingerprint density at radius 3 is 2.67 bits per heavy atom. The number of rotatable bonds is 6. The zero-order valence-corrected chi connectivity index (χ0v) is 9.70. The van der Waals surface area contributed by atoms with Crippen molar-refractivity contribution in [3.63, 3.8) is 0 Å². The first-order chi connectivity index (χ1) is 7.22. The molecule has 0 saturated heterocycles. The second-order valence-electron chi connectivity index (χ2n) is 3.25. The van der Waals surface area contributed by atoms with Crippen molar-refractivity contribution in [1.29, 1.82) is 0 Å². The fourth-order valence-electron chi connectivity index (χ4n) is 1.23. The molecule has 0 radical (unpaired) electrons. The molecule has 1 aromatic heterocycles. The summed E-state index contributed by atoms with van der Waals surface area (Å²) in [5, 5.41) is 0. The van der Waals surface area contributed by atoms with Crippen molar-refractivity contribution in [2.75, 3.05) is 13.1 Å². The van der Waals surface area contributed by atoms with E-state index in [-0.39, 0.29) is 0 Å². The van der Waals surface area contributed by atoms with E-state index in [4.69, 9.17) is 18.0 Å². The zero-order valence-electron chi connectivity index (χ0n) is 8.89. The van der Waals surface area contributed by atoms with Crippen LogP contribution in [0, 0.1) is 0 Å². The molecule has 0 aromatic carbocycles. The topological polar surface area (TPSA) is 55.0 Å². The first kappa shape index (κ1) is 12.0. The van der Waals surface area contributed by atoms with E-state index >= 15 is 0 Å². The molecule has 0 aliphatic carbocycles. The molecular formula is C10H16N4S. The molecule has 0 unspecified atom stereocenters. The van der Waals surface area contributed by atoms with Crippen LogP contribution in [0.1, 0.15) is 19.2 Å². The minimum absolute atomic E-state index is 0.558. The lowest BCUT2D eigenvalue weighted by Gasteiger charge is -2.18. The monoisotopic (exact) mass is 224 g/mol. The van der Waals surface area contributed by atoms with Gasteiger partial charge in [-0.05, 0) is 12.6 Å². The maximum absolute atomic E-state index is 5.46. The summed E-state index contributed by atoms with van der Waals surface area (Å²) >= 11 is 4.85. The number of hydrogen-bond donors (Lipinski definition) is 1. The molecule has 5 heteroatoms. The summed E-state index contributed by atoms with van der Waals surface area (Å²) < 4.78 is 0. The Balaban J connectivity index is 2.43. The molecule has 0 saturated carbocycles. The Hall–Kier alpha value is -1.07. The minimum Gasteiger partial charge on any atom is -0.393 e. The first-order valence-electron chi connectivity index (χ1n) is 4.99. The van der Waals surface area contributed by atoms with Crippen molar-refractivity contribution in [2.45, 2.75) is 19.9 Å². The number of hydrogen-bond acceptors (Lipinski definition) is 4. The maximum atomic E-state index is 5.46. The van der Waals surface area contributed by atoms with E-state index in [9.17, 15) is 0 Å². The highest BCUT2D eigenvalue weighted by molar-refractivity contribution is 7.80. The van der Waals surface area contributed by atoms with Crippen molar-refractivity contribution in [3.8, 4) is 0 Å². The van der Waals surface area contributed by atoms with Gasteiger partial charge in [-0.25, -0.2) is 9.97 Å². The summed E-state index contributed by atoms with van der Waals surface area (Å²) in [4.78, 5) is 11.1. The van der Waals surface area contributed by atoms with E-state index in [1.54, 1.807) is 12.4 Å². The van der Waals surface area contributed by atoms with Gasteiger partial charge in [0.15, 0.2) is 0 Å². The summed E-state index contributed by atoms with van der Waals surface area (Å²) in [6.45, 7) is 4.66. The summed E-state index contributed by atoms with van der Waals surface area (Å²) in [5.41, 5.74) is 5.46. The predicted octanol–water partition coefficient (Wildman–Crippen LogP) is 0.975. The third-order valence-electron chi connectivity index (χ3n) is 2.11. The molecule has 0 fully saturated rings. The van der Waals surface area contributed by atoms with Gasteiger partial charge in [-0.2, -0.15) is 0 Å². The normalized spacial score (nSPS) is 10.5. The Bertz CT molecular complexity index is 302. The van der Waals surface area contributed by atoms with Crippen LogP contribution in [0.5, 0.6) is 0 Å². The lowest BCUT2D eigenvalue weighted by Crippen LogP contribution is -2.27. The molecule has 0 amide bonds. The van der Waals surface area contributed by atoms with Crippen molar-refractivity contribution in [2.24, 2.45) is 5.73 Å². The van der Waals surface area contributed by atoms with Crippen molar-refractivity contribution in [3.05, 3.63) is 24.3 Å². The highest BCUT2D eigenvalue weighted by atomic mass is 32.1. The number of nitrogens with two attached hydrogens (primary N) is 1. The summed E-state index contributed by atoms with van der Waals surface area (Å²) in [7, 11) is 0. The molecule has 0 atom stereocenters. The van der Waals surface area contributed by atoms with Gasteiger partial charge in [-0.3, -0.25) is 4.90 Å². The fourth-order valence-corrected chi connectivity index (χ4v) is 1.32. The van der Waals surface area contributed by atoms with E-state index in [2.05, 4.69) is 21.8 Å². The molecule has 0 spiro atoms. The molecule has 4 nitrogen and oxygen atoms in total. The average molecular weight is 224 g/mol. The summed E-state index contributed by atoms with van der Waals surface area (Å²) in [6, 6.07) is 1.81. The van der Waals surface area contributed by atoms with Gasteiger partial charge in [0, 0.05) is 25.4 Å². The number of thiocarbonyl (C=S) groups is 1. The molecule has 1 rings (SSSR count). The second-order valence-corrected chi connectivity index (χ2v) is 3.77. The van der Waals surface area contributed by atoms with Crippen molar-refractivity contribution < 1.29 is 0 Å². The third kappa shape index (κ3) is 4.80. The van der Waals surface area contributed by atoms with E-state index in [1.165, 1.54) is 0 Å². The molecule has 1 aromatic rings. The van der Waals surface area contributed by atoms with Gasteiger partial charge in [0.25, 0.3) is 0 Å². The third-order valence-corrected chi connectivity index (χ3v) is 2.31. The molecule has 2 N–H and O–H groups in total. The van der Waals surface area contributed by atoms with Crippen molar-refractivity contribution in [1.82, 2.24) is 14.9 Å². The smallest absolute Gasteiger partial charge is 0.142 e. The van der Waals surface area contributed by atoms with Crippen LogP contribution in [-0.4, -0.2) is 32.9 Å². The van der Waals surface area contributed by atoms with E-state index < -0.39 is 0 Å². The van der Waals surface area contributed by atoms with Crippen LogP contribution in [0.3, 0.4) is 0 Å². The average Bonchev–Trinajstić information content (AvgIpc) is 2.25. The lowest BCUT2D eigenvalue weighted by molar-refractivity contribution is 0.281.